The molecule has 2 rings (SSSR count). The van der Waals surface area contributed by atoms with Crippen molar-refractivity contribution in [3.63, 3.8) is 0 Å². The van der Waals surface area contributed by atoms with E-state index in [1.807, 2.05) is 0 Å². The van der Waals surface area contributed by atoms with E-state index in [0.717, 1.165) is 0 Å². The third kappa shape index (κ3) is 3.84. The van der Waals surface area contributed by atoms with Crippen LogP contribution in [0.25, 0.3) is 0 Å². The van der Waals surface area contributed by atoms with Gasteiger partial charge in [0.05, 0.1) is 18.3 Å². The van der Waals surface area contributed by atoms with Crippen molar-refractivity contribution in [3.05, 3.63) is 53.4 Å². The maximum Gasteiger partial charge on any atom is 0.335 e. The number of carboxylic acid groups (broad SMARTS) is 1. The molecule has 7 nitrogen and oxygen atoms in total. The highest BCUT2D eigenvalue weighted by atomic mass is 16.5. The first-order valence-electron chi connectivity index (χ1n) is 5.88. The fourth-order valence-corrected chi connectivity index (χ4v) is 1.56. The van der Waals surface area contributed by atoms with Crippen LogP contribution in [-0.2, 0) is 13.1 Å². The number of rotatable bonds is 5. The second kappa shape index (κ2) is 6.37. The Labute approximate surface area is 114 Å². The number of nitrogens with one attached hydrogen (secondary N) is 2. The molecular formula is C13H13N3O4. The first-order valence-corrected chi connectivity index (χ1v) is 5.88. The second-order valence-corrected chi connectivity index (χ2v) is 4.02. The summed E-state index contributed by atoms with van der Waals surface area (Å²) in [6, 6.07) is 7.66. The Bertz CT molecular complexity index is 595. The van der Waals surface area contributed by atoms with E-state index in [2.05, 4.69) is 15.8 Å². The normalized spacial score (nSPS) is 10.0. The molecule has 3 N–H and O–H groups in total. The minimum Gasteiger partial charge on any atom is -0.478 e. The van der Waals surface area contributed by atoms with Gasteiger partial charge in [-0.3, -0.25) is 0 Å². The summed E-state index contributed by atoms with van der Waals surface area (Å²) >= 11 is 0. The lowest BCUT2D eigenvalue weighted by Gasteiger charge is -2.07. The van der Waals surface area contributed by atoms with Crippen molar-refractivity contribution in [1.82, 2.24) is 15.8 Å². The Hall–Kier alpha value is -2.83. The summed E-state index contributed by atoms with van der Waals surface area (Å²) in [7, 11) is 0. The number of urea groups is 1. The zero-order chi connectivity index (χ0) is 14.4. The molecule has 1 aromatic carbocycles. The van der Waals surface area contributed by atoms with Crippen LogP contribution in [0.2, 0.25) is 0 Å². The number of aromatic nitrogens is 1. The summed E-state index contributed by atoms with van der Waals surface area (Å²) in [5, 5.41) is 17.6. The van der Waals surface area contributed by atoms with E-state index in [1.165, 1.54) is 18.3 Å². The maximum absolute atomic E-state index is 11.5. The number of carbonyl (C=O) groups excluding carboxylic acids is 1. The number of amides is 2. The van der Waals surface area contributed by atoms with E-state index in [0.29, 0.717) is 11.3 Å². The van der Waals surface area contributed by atoms with E-state index in [1.54, 1.807) is 18.2 Å². The molecule has 0 aliphatic heterocycles. The van der Waals surface area contributed by atoms with Crippen molar-refractivity contribution in [2.24, 2.45) is 0 Å². The van der Waals surface area contributed by atoms with E-state index in [4.69, 9.17) is 9.63 Å². The molecule has 0 fully saturated rings. The molecule has 7 heteroatoms. The van der Waals surface area contributed by atoms with Crippen LogP contribution in [0.15, 0.2) is 41.1 Å². The largest absolute Gasteiger partial charge is 0.478 e. The van der Waals surface area contributed by atoms with Crippen LogP contribution in [-0.4, -0.2) is 22.3 Å². The Morgan fingerprint density at radius 2 is 2.00 bits per heavy atom. The lowest BCUT2D eigenvalue weighted by atomic mass is 10.1. The molecule has 0 bridgehead atoms. The number of carbonyl (C=O) groups is 2. The Balaban J connectivity index is 1.81. The highest BCUT2D eigenvalue weighted by molar-refractivity contribution is 5.87. The van der Waals surface area contributed by atoms with Gasteiger partial charge in [0.15, 0.2) is 5.76 Å². The van der Waals surface area contributed by atoms with Crippen LogP contribution >= 0.6 is 0 Å². The van der Waals surface area contributed by atoms with Gasteiger partial charge >= 0.3 is 12.0 Å². The van der Waals surface area contributed by atoms with E-state index < -0.39 is 5.97 Å². The first-order chi connectivity index (χ1) is 9.65. The average Bonchev–Trinajstić information content (AvgIpc) is 2.96. The quantitative estimate of drug-likeness (QED) is 0.764. The van der Waals surface area contributed by atoms with Gasteiger partial charge in [0.1, 0.15) is 0 Å². The molecule has 20 heavy (non-hydrogen) atoms. The molecule has 104 valence electrons. The fraction of sp³-hybridized carbons (Fsp3) is 0.154. The van der Waals surface area contributed by atoms with Gasteiger partial charge in [0.25, 0.3) is 0 Å². The number of hydrogen-bond acceptors (Lipinski definition) is 4. The van der Waals surface area contributed by atoms with Gasteiger partial charge in [0.2, 0.25) is 0 Å². The molecule has 0 saturated heterocycles. The minimum atomic E-state index is -0.998. The third-order valence-electron chi connectivity index (χ3n) is 2.54. The van der Waals surface area contributed by atoms with Gasteiger partial charge in [-0.15, -0.1) is 0 Å². The Morgan fingerprint density at radius 1 is 1.20 bits per heavy atom. The zero-order valence-corrected chi connectivity index (χ0v) is 10.5. The Kier molecular flexibility index (Phi) is 4.33. The smallest absolute Gasteiger partial charge is 0.335 e. The highest BCUT2D eigenvalue weighted by Gasteiger charge is 2.05. The van der Waals surface area contributed by atoms with Gasteiger partial charge in [0, 0.05) is 12.6 Å². The summed E-state index contributed by atoms with van der Waals surface area (Å²) in [5.41, 5.74) is 0.895. The van der Waals surface area contributed by atoms with Crippen molar-refractivity contribution in [2.45, 2.75) is 13.1 Å². The minimum absolute atomic E-state index is 0.186. The predicted octanol–water partition coefficient (Wildman–Crippen LogP) is 1.37. The molecule has 2 aromatic rings. The molecule has 2 amide bonds. The lowest BCUT2D eigenvalue weighted by Crippen LogP contribution is -2.34. The van der Waals surface area contributed by atoms with Crippen LogP contribution in [0.4, 0.5) is 4.79 Å². The predicted molar refractivity (Wildman–Crippen MR) is 69.0 cm³/mol. The molecule has 0 radical (unpaired) electrons. The molecular weight excluding hydrogens is 262 g/mol. The third-order valence-corrected chi connectivity index (χ3v) is 2.54. The molecule has 0 saturated carbocycles. The summed E-state index contributed by atoms with van der Waals surface area (Å²) in [6.45, 7) is 0.477. The first kappa shape index (κ1) is 13.6. The van der Waals surface area contributed by atoms with E-state index in [9.17, 15) is 9.59 Å². The fourth-order valence-electron chi connectivity index (χ4n) is 1.56. The highest BCUT2D eigenvalue weighted by Crippen LogP contribution is 2.05. The van der Waals surface area contributed by atoms with Crippen LogP contribution in [0.1, 0.15) is 21.7 Å². The standard InChI is InChI=1S/C13H13N3O4/c17-12(18)10-3-1-2-9(6-10)7-14-13(19)15-8-11-4-5-16-20-11/h1-6H,7-8H2,(H,17,18)(H2,14,15,19). The van der Waals surface area contributed by atoms with Gasteiger partial charge in [-0.25, -0.2) is 9.59 Å². The van der Waals surface area contributed by atoms with E-state index in [-0.39, 0.29) is 24.7 Å². The summed E-state index contributed by atoms with van der Waals surface area (Å²) in [6.07, 6.45) is 1.49. The summed E-state index contributed by atoms with van der Waals surface area (Å²) < 4.78 is 4.83. The number of nitrogens with zero attached hydrogens (tertiary/aromatic N) is 1. The van der Waals surface area contributed by atoms with Crippen LogP contribution in [0.3, 0.4) is 0 Å². The van der Waals surface area contributed by atoms with Crippen molar-refractivity contribution in [2.75, 3.05) is 0 Å². The van der Waals surface area contributed by atoms with Crippen molar-refractivity contribution < 1.29 is 19.2 Å². The lowest BCUT2D eigenvalue weighted by molar-refractivity contribution is 0.0696. The summed E-state index contributed by atoms with van der Waals surface area (Å²) in [5.74, 6) is -0.449. The molecule has 0 aliphatic carbocycles. The average molecular weight is 275 g/mol. The Morgan fingerprint density at radius 3 is 2.70 bits per heavy atom. The monoisotopic (exact) mass is 275 g/mol. The topological polar surface area (TPSA) is 104 Å². The number of hydrogen-bond donors (Lipinski definition) is 3. The molecule has 0 atom stereocenters. The maximum atomic E-state index is 11.5. The molecule has 0 unspecified atom stereocenters. The van der Waals surface area contributed by atoms with Gasteiger partial charge in [-0.1, -0.05) is 17.3 Å². The molecule has 0 spiro atoms. The van der Waals surface area contributed by atoms with Crippen molar-refractivity contribution >= 4 is 12.0 Å². The molecule has 1 heterocycles. The van der Waals surface area contributed by atoms with Crippen molar-refractivity contribution in [1.29, 1.82) is 0 Å². The SMILES string of the molecule is O=C(NCc1cccc(C(=O)O)c1)NCc1ccno1. The zero-order valence-electron chi connectivity index (χ0n) is 10.5. The molecule has 0 aliphatic rings. The second-order valence-electron chi connectivity index (χ2n) is 4.02. The van der Waals surface area contributed by atoms with Crippen LogP contribution in [0.5, 0.6) is 0 Å². The van der Waals surface area contributed by atoms with Gasteiger partial charge in [-0.2, -0.15) is 0 Å². The number of carboxylic acids is 1. The van der Waals surface area contributed by atoms with Gasteiger partial charge < -0.3 is 20.3 Å². The summed E-state index contributed by atoms with van der Waals surface area (Å²) in [4.78, 5) is 22.3. The number of benzene rings is 1. The van der Waals surface area contributed by atoms with Crippen LogP contribution < -0.4 is 10.6 Å². The molecule has 1 aromatic heterocycles. The van der Waals surface area contributed by atoms with E-state index >= 15 is 0 Å². The van der Waals surface area contributed by atoms with Crippen molar-refractivity contribution in [3.8, 4) is 0 Å². The van der Waals surface area contributed by atoms with Gasteiger partial charge in [-0.05, 0) is 17.7 Å². The van der Waals surface area contributed by atoms with Crippen LogP contribution in [0, 0.1) is 0 Å². The number of aromatic carboxylic acids is 1.